The van der Waals surface area contributed by atoms with E-state index in [4.69, 9.17) is 5.73 Å². The van der Waals surface area contributed by atoms with Crippen LogP contribution in [-0.4, -0.2) is 29.1 Å². The van der Waals surface area contributed by atoms with Gasteiger partial charge < -0.3 is 10.6 Å². The monoisotopic (exact) mass is 262 g/mol. The van der Waals surface area contributed by atoms with Crippen LogP contribution in [-0.2, 0) is 0 Å². The third-order valence-corrected chi connectivity index (χ3v) is 4.60. The lowest BCUT2D eigenvalue weighted by molar-refractivity contribution is 0.620. The Bertz CT molecular complexity index is 551. The van der Waals surface area contributed by atoms with Crippen LogP contribution in [0.25, 0.3) is 10.2 Å². The van der Waals surface area contributed by atoms with Crippen molar-refractivity contribution in [1.82, 2.24) is 9.97 Å². The zero-order valence-electron chi connectivity index (χ0n) is 10.6. The van der Waals surface area contributed by atoms with E-state index >= 15 is 0 Å². The van der Waals surface area contributed by atoms with E-state index in [0.717, 1.165) is 30.8 Å². The summed E-state index contributed by atoms with van der Waals surface area (Å²) in [5.74, 6) is 1.07. The summed E-state index contributed by atoms with van der Waals surface area (Å²) in [6.45, 7) is 4.06. The molecule has 0 aliphatic carbocycles. The summed E-state index contributed by atoms with van der Waals surface area (Å²) in [5, 5.41) is 2.15. The minimum atomic E-state index is 0.263. The fraction of sp³-hybridized carbons (Fsp3) is 0.538. The Hall–Kier alpha value is -1.20. The van der Waals surface area contributed by atoms with Crippen molar-refractivity contribution in [3.05, 3.63) is 17.3 Å². The van der Waals surface area contributed by atoms with Crippen LogP contribution in [0.1, 0.15) is 24.8 Å². The van der Waals surface area contributed by atoms with Crippen LogP contribution >= 0.6 is 11.3 Å². The number of rotatable bonds is 1. The molecular formula is C13H18N4S. The molecule has 0 aromatic carbocycles. The first-order chi connectivity index (χ1) is 8.75. The van der Waals surface area contributed by atoms with E-state index in [0.29, 0.717) is 0 Å². The van der Waals surface area contributed by atoms with Gasteiger partial charge in [-0.2, -0.15) is 0 Å². The zero-order chi connectivity index (χ0) is 12.5. The van der Waals surface area contributed by atoms with Crippen molar-refractivity contribution in [3.63, 3.8) is 0 Å². The van der Waals surface area contributed by atoms with Gasteiger partial charge in [0.15, 0.2) is 0 Å². The third kappa shape index (κ3) is 2.08. The number of nitrogens with two attached hydrogens (primary N) is 1. The van der Waals surface area contributed by atoms with Gasteiger partial charge in [0.1, 0.15) is 12.1 Å². The van der Waals surface area contributed by atoms with Gasteiger partial charge in [0.2, 0.25) is 0 Å². The first-order valence-corrected chi connectivity index (χ1v) is 7.33. The Morgan fingerprint density at radius 2 is 2.28 bits per heavy atom. The van der Waals surface area contributed by atoms with Gasteiger partial charge in [0, 0.05) is 19.1 Å². The normalized spacial score (nSPS) is 21.2. The van der Waals surface area contributed by atoms with Gasteiger partial charge in [0.05, 0.1) is 10.2 Å². The van der Waals surface area contributed by atoms with Gasteiger partial charge in [-0.1, -0.05) is 6.42 Å². The predicted molar refractivity (Wildman–Crippen MR) is 76.2 cm³/mol. The maximum Gasteiger partial charge on any atom is 0.150 e. The Morgan fingerprint density at radius 1 is 1.39 bits per heavy atom. The summed E-state index contributed by atoms with van der Waals surface area (Å²) in [7, 11) is 0. The van der Waals surface area contributed by atoms with Crippen LogP contribution in [0.4, 0.5) is 5.82 Å². The summed E-state index contributed by atoms with van der Waals surface area (Å²) in [6, 6.07) is 0.263. The van der Waals surface area contributed by atoms with Gasteiger partial charge >= 0.3 is 0 Å². The van der Waals surface area contributed by atoms with Crippen LogP contribution in [0.5, 0.6) is 0 Å². The molecular weight excluding hydrogens is 244 g/mol. The average molecular weight is 262 g/mol. The Kier molecular flexibility index (Phi) is 3.18. The SMILES string of the molecule is Cc1csc2c(N3CCCC[C@@H](N)C3)ncnc12. The lowest BCUT2D eigenvalue weighted by Crippen LogP contribution is -2.36. The molecule has 3 heterocycles. The largest absolute Gasteiger partial charge is 0.354 e. The highest BCUT2D eigenvalue weighted by molar-refractivity contribution is 7.18. The van der Waals surface area contributed by atoms with Gasteiger partial charge in [-0.15, -0.1) is 11.3 Å². The summed E-state index contributed by atoms with van der Waals surface area (Å²) in [6.07, 6.45) is 5.21. The highest BCUT2D eigenvalue weighted by Crippen LogP contribution is 2.31. The molecule has 0 amide bonds. The standard InChI is InChI=1S/C13H18N4S/c1-9-7-18-12-11(9)15-8-16-13(12)17-5-3-2-4-10(14)6-17/h7-8,10H,2-6,14H2,1H3/t10-/m1/s1. The molecule has 0 radical (unpaired) electrons. The quantitative estimate of drug-likeness (QED) is 0.857. The molecule has 1 fully saturated rings. The molecule has 18 heavy (non-hydrogen) atoms. The number of aromatic nitrogens is 2. The molecule has 0 saturated carbocycles. The van der Waals surface area contributed by atoms with Crippen LogP contribution in [0.2, 0.25) is 0 Å². The molecule has 0 unspecified atom stereocenters. The summed E-state index contributed by atoms with van der Waals surface area (Å²) < 4.78 is 1.20. The predicted octanol–water partition coefficient (Wildman–Crippen LogP) is 2.32. The molecule has 2 aromatic rings. The molecule has 2 aromatic heterocycles. The lowest BCUT2D eigenvalue weighted by atomic mass is 10.2. The van der Waals surface area contributed by atoms with Crippen molar-refractivity contribution in [2.75, 3.05) is 18.0 Å². The Balaban J connectivity index is 2.02. The van der Waals surface area contributed by atoms with Crippen LogP contribution in [0.15, 0.2) is 11.7 Å². The van der Waals surface area contributed by atoms with Crippen molar-refractivity contribution in [2.24, 2.45) is 5.73 Å². The van der Waals surface area contributed by atoms with E-state index in [1.165, 1.54) is 23.1 Å². The minimum absolute atomic E-state index is 0.263. The first-order valence-electron chi connectivity index (χ1n) is 6.45. The lowest BCUT2D eigenvalue weighted by Gasteiger charge is -2.23. The molecule has 1 aliphatic rings. The van der Waals surface area contributed by atoms with Crippen molar-refractivity contribution < 1.29 is 0 Å². The Labute approximate surface area is 111 Å². The van der Waals surface area contributed by atoms with E-state index < -0.39 is 0 Å². The number of thiophene rings is 1. The molecule has 1 atom stereocenters. The molecule has 1 aliphatic heterocycles. The molecule has 3 rings (SSSR count). The van der Waals surface area contributed by atoms with Gasteiger partial charge in [-0.05, 0) is 30.7 Å². The van der Waals surface area contributed by atoms with E-state index in [-0.39, 0.29) is 6.04 Å². The second-order valence-corrected chi connectivity index (χ2v) is 5.88. The molecule has 2 N–H and O–H groups in total. The van der Waals surface area contributed by atoms with E-state index in [2.05, 4.69) is 27.2 Å². The van der Waals surface area contributed by atoms with Crippen LogP contribution < -0.4 is 10.6 Å². The maximum atomic E-state index is 6.13. The maximum absolute atomic E-state index is 6.13. The van der Waals surface area contributed by atoms with Crippen molar-refractivity contribution >= 4 is 27.4 Å². The van der Waals surface area contributed by atoms with Crippen molar-refractivity contribution in [3.8, 4) is 0 Å². The fourth-order valence-corrected chi connectivity index (χ4v) is 3.57. The van der Waals surface area contributed by atoms with E-state index in [1.54, 1.807) is 17.7 Å². The van der Waals surface area contributed by atoms with Gasteiger partial charge in [-0.25, -0.2) is 9.97 Å². The number of nitrogens with zero attached hydrogens (tertiary/aromatic N) is 3. The molecule has 1 saturated heterocycles. The number of anilines is 1. The molecule has 0 bridgehead atoms. The van der Waals surface area contributed by atoms with Crippen molar-refractivity contribution in [2.45, 2.75) is 32.2 Å². The third-order valence-electron chi connectivity index (χ3n) is 3.52. The highest BCUT2D eigenvalue weighted by Gasteiger charge is 2.19. The van der Waals surface area contributed by atoms with E-state index in [1.807, 2.05) is 0 Å². The second-order valence-electron chi connectivity index (χ2n) is 5.00. The number of hydrogen-bond acceptors (Lipinski definition) is 5. The number of aryl methyl sites for hydroxylation is 1. The fourth-order valence-electron chi connectivity index (χ4n) is 2.55. The zero-order valence-corrected chi connectivity index (χ0v) is 11.4. The average Bonchev–Trinajstić information content (AvgIpc) is 2.61. The summed E-state index contributed by atoms with van der Waals surface area (Å²) in [4.78, 5) is 11.2. The van der Waals surface area contributed by atoms with Gasteiger partial charge in [0.25, 0.3) is 0 Å². The molecule has 5 heteroatoms. The van der Waals surface area contributed by atoms with Gasteiger partial charge in [-0.3, -0.25) is 0 Å². The topological polar surface area (TPSA) is 55.0 Å². The van der Waals surface area contributed by atoms with Crippen LogP contribution in [0, 0.1) is 6.92 Å². The molecule has 0 spiro atoms. The second kappa shape index (κ2) is 4.82. The van der Waals surface area contributed by atoms with Crippen LogP contribution in [0.3, 0.4) is 0 Å². The van der Waals surface area contributed by atoms with Crippen molar-refractivity contribution in [1.29, 1.82) is 0 Å². The Morgan fingerprint density at radius 3 is 3.17 bits per heavy atom. The summed E-state index contributed by atoms with van der Waals surface area (Å²) >= 11 is 1.73. The first kappa shape index (κ1) is 11.9. The number of hydrogen-bond donors (Lipinski definition) is 1. The van der Waals surface area contributed by atoms with E-state index in [9.17, 15) is 0 Å². The smallest absolute Gasteiger partial charge is 0.150 e. The highest BCUT2D eigenvalue weighted by atomic mass is 32.1. The minimum Gasteiger partial charge on any atom is -0.354 e. The summed E-state index contributed by atoms with van der Waals surface area (Å²) in [5.41, 5.74) is 8.45. The molecule has 96 valence electrons. The molecule has 4 nitrogen and oxygen atoms in total. The number of fused-ring (bicyclic) bond motifs is 1.